The van der Waals surface area contributed by atoms with Crippen LogP contribution in [0.5, 0.6) is 0 Å². The first-order valence-corrected chi connectivity index (χ1v) is 16.4. The number of rotatable bonds is 17. The molecule has 0 saturated carbocycles. The van der Waals surface area contributed by atoms with Crippen molar-refractivity contribution in [2.45, 2.75) is 39.5 Å². The summed E-state index contributed by atoms with van der Waals surface area (Å²) in [6, 6.07) is 22.4. The van der Waals surface area contributed by atoms with Gasteiger partial charge in [0.05, 0.1) is 0 Å². The van der Waals surface area contributed by atoms with Crippen LogP contribution in [-0.2, 0) is 0 Å². The van der Waals surface area contributed by atoms with Crippen LogP contribution < -0.4 is 16.0 Å². The Kier molecular flexibility index (Phi) is 17.9. The summed E-state index contributed by atoms with van der Waals surface area (Å²) >= 11 is 0. The van der Waals surface area contributed by atoms with Crippen molar-refractivity contribution < 1.29 is 19.2 Å². The minimum atomic E-state index is -0.205. The maximum atomic E-state index is 13.0. The highest BCUT2D eigenvalue weighted by molar-refractivity contribution is 8.93. The van der Waals surface area contributed by atoms with Crippen molar-refractivity contribution >= 4 is 96.1 Å². The average molecular weight is 879 g/mol. The van der Waals surface area contributed by atoms with Crippen LogP contribution in [0.3, 0.4) is 0 Å². The minimum Gasteiger partial charge on any atom is -0.317 e. The number of imide groups is 2. The van der Waals surface area contributed by atoms with E-state index in [0.29, 0.717) is 41.8 Å². The Labute approximate surface area is 326 Å². The summed E-state index contributed by atoms with van der Waals surface area (Å²) in [5.41, 5.74) is 2.43. The molecule has 4 aromatic rings. The summed E-state index contributed by atoms with van der Waals surface area (Å²) in [5, 5.41) is 13.7. The normalized spacial score (nSPS) is 13.1. The van der Waals surface area contributed by atoms with Gasteiger partial charge in [-0.15, -0.1) is 50.9 Å². The van der Waals surface area contributed by atoms with Crippen LogP contribution in [0.1, 0.15) is 81.0 Å². The Morgan fingerprint density at radius 2 is 0.680 bits per heavy atom. The number of amides is 4. The van der Waals surface area contributed by atoms with Crippen LogP contribution in [0.4, 0.5) is 0 Å². The van der Waals surface area contributed by atoms with Crippen molar-refractivity contribution in [3.8, 4) is 0 Å². The van der Waals surface area contributed by atoms with E-state index in [-0.39, 0.29) is 82.0 Å². The molecular formula is C38H48Br3N5O4. The molecule has 3 N–H and O–H groups in total. The number of hydrogen-bond donors (Lipinski definition) is 3. The molecule has 4 aromatic carbocycles. The monoisotopic (exact) mass is 875 g/mol. The van der Waals surface area contributed by atoms with E-state index in [1.165, 1.54) is 9.80 Å². The molecule has 0 aliphatic carbocycles. The van der Waals surface area contributed by atoms with Gasteiger partial charge in [0.2, 0.25) is 0 Å². The molecular weight excluding hydrogens is 830 g/mol. The SMILES string of the molecule is Br.Br.Br.C.O=C1c2cccc3cccc(c23)C(=O)N1CCCNCCCCNCCCNCCCN1C(=O)c2cccc3cccc(c23)C1=O. The Balaban J connectivity index is 0.00000217. The fourth-order valence-corrected chi connectivity index (χ4v) is 6.50. The van der Waals surface area contributed by atoms with Crippen molar-refractivity contribution in [2.75, 3.05) is 52.4 Å². The van der Waals surface area contributed by atoms with Gasteiger partial charge in [-0.3, -0.25) is 29.0 Å². The zero-order valence-corrected chi connectivity index (χ0v) is 32.5. The molecule has 2 aliphatic heterocycles. The van der Waals surface area contributed by atoms with Gasteiger partial charge in [-0.2, -0.15) is 0 Å². The third-order valence-corrected chi connectivity index (χ3v) is 8.85. The summed E-state index contributed by atoms with van der Waals surface area (Å²) in [7, 11) is 0. The summed E-state index contributed by atoms with van der Waals surface area (Å²) in [5.74, 6) is -0.816. The number of carbonyl (C=O) groups is 4. The van der Waals surface area contributed by atoms with Crippen LogP contribution in [0.25, 0.3) is 21.5 Å². The second-order valence-electron chi connectivity index (χ2n) is 12.0. The molecule has 270 valence electrons. The fourth-order valence-electron chi connectivity index (χ4n) is 6.50. The molecule has 0 saturated heterocycles. The van der Waals surface area contributed by atoms with Crippen molar-refractivity contribution in [1.82, 2.24) is 25.8 Å². The van der Waals surface area contributed by atoms with Gasteiger partial charge in [-0.25, -0.2) is 0 Å². The Morgan fingerprint density at radius 3 is 1.00 bits per heavy atom. The van der Waals surface area contributed by atoms with Gasteiger partial charge in [-0.1, -0.05) is 56.0 Å². The van der Waals surface area contributed by atoms with Crippen LogP contribution in [0.2, 0.25) is 0 Å². The molecule has 0 unspecified atom stereocenters. The van der Waals surface area contributed by atoms with E-state index < -0.39 is 0 Å². The number of carbonyl (C=O) groups excluding carboxylic acids is 4. The Morgan fingerprint density at radius 1 is 0.400 bits per heavy atom. The highest BCUT2D eigenvalue weighted by Crippen LogP contribution is 2.31. The minimum absolute atomic E-state index is 0. The number of halogens is 3. The first-order chi connectivity index (χ1) is 22.6. The summed E-state index contributed by atoms with van der Waals surface area (Å²) < 4.78 is 0. The third kappa shape index (κ3) is 9.45. The van der Waals surface area contributed by atoms with Gasteiger partial charge in [0.1, 0.15) is 0 Å². The molecule has 0 radical (unpaired) electrons. The lowest BCUT2D eigenvalue weighted by Crippen LogP contribution is -2.41. The quantitative estimate of drug-likeness (QED) is 0.0777. The maximum absolute atomic E-state index is 13.0. The standard InChI is InChI=1S/C37H41N5O4.CH4.3BrH/c43-34-28-14-3-10-26-11-4-15-29(32(26)28)35(44)41(34)24-8-22-39-19-2-1-18-38-20-7-21-40-23-9-25-42-36(45)30-16-5-12-27-13-6-17-31(33(27)30)37(42)46;;;;/h3-6,10-17,38-40H,1-2,7-9,18-25H2;1H4;3*1H. The molecule has 9 nitrogen and oxygen atoms in total. The summed E-state index contributed by atoms with van der Waals surface area (Å²) in [6.45, 7) is 5.98. The lowest BCUT2D eigenvalue weighted by molar-refractivity contribution is 0.0593. The van der Waals surface area contributed by atoms with Crippen molar-refractivity contribution in [1.29, 1.82) is 0 Å². The highest BCUT2D eigenvalue weighted by Gasteiger charge is 2.33. The summed E-state index contributed by atoms with van der Waals surface area (Å²) in [6.07, 6.45) is 4.55. The molecule has 12 heteroatoms. The van der Waals surface area contributed by atoms with Crippen molar-refractivity contribution in [3.63, 3.8) is 0 Å². The number of nitrogens with one attached hydrogen (secondary N) is 3. The lowest BCUT2D eigenvalue weighted by Gasteiger charge is -2.27. The van der Waals surface area contributed by atoms with E-state index in [2.05, 4.69) is 16.0 Å². The largest absolute Gasteiger partial charge is 0.317 e. The molecule has 0 aromatic heterocycles. The highest BCUT2D eigenvalue weighted by atomic mass is 79.9. The maximum Gasteiger partial charge on any atom is 0.261 e. The number of benzene rings is 4. The van der Waals surface area contributed by atoms with E-state index in [4.69, 9.17) is 0 Å². The molecule has 2 heterocycles. The van der Waals surface area contributed by atoms with Gasteiger partial charge in [-0.05, 0) is 106 Å². The zero-order chi connectivity index (χ0) is 31.9. The predicted molar refractivity (Wildman–Crippen MR) is 218 cm³/mol. The van der Waals surface area contributed by atoms with Crippen molar-refractivity contribution in [3.05, 3.63) is 95.1 Å². The van der Waals surface area contributed by atoms with E-state index in [1.807, 2.05) is 60.7 Å². The first kappa shape index (κ1) is 43.2. The molecule has 50 heavy (non-hydrogen) atoms. The van der Waals surface area contributed by atoms with Crippen LogP contribution >= 0.6 is 50.9 Å². The van der Waals surface area contributed by atoms with Crippen LogP contribution in [0.15, 0.2) is 72.8 Å². The van der Waals surface area contributed by atoms with E-state index >= 15 is 0 Å². The second-order valence-corrected chi connectivity index (χ2v) is 12.0. The van der Waals surface area contributed by atoms with Crippen LogP contribution in [0, 0.1) is 0 Å². The van der Waals surface area contributed by atoms with E-state index in [9.17, 15) is 19.2 Å². The van der Waals surface area contributed by atoms with Gasteiger partial charge in [0.15, 0.2) is 0 Å². The van der Waals surface area contributed by atoms with Gasteiger partial charge >= 0.3 is 0 Å². The van der Waals surface area contributed by atoms with Crippen LogP contribution in [-0.4, -0.2) is 85.8 Å². The second kappa shape index (κ2) is 20.8. The van der Waals surface area contributed by atoms with E-state index in [1.54, 1.807) is 12.1 Å². The molecule has 4 amide bonds. The summed E-state index contributed by atoms with van der Waals surface area (Å²) in [4.78, 5) is 54.7. The zero-order valence-electron chi connectivity index (χ0n) is 27.4. The number of nitrogens with zero attached hydrogens (tertiary/aromatic N) is 2. The lowest BCUT2D eigenvalue weighted by atomic mass is 9.94. The van der Waals surface area contributed by atoms with E-state index in [0.717, 1.165) is 86.5 Å². The molecule has 0 bridgehead atoms. The molecule has 0 spiro atoms. The third-order valence-electron chi connectivity index (χ3n) is 8.85. The van der Waals surface area contributed by atoms with Gasteiger partial charge in [0.25, 0.3) is 23.6 Å². The van der Waals surface area contributed by atoms with Gasteiger partial charge in [0, 0.05) is 46.1 Å². The average Bonchev–Trinajstić information content (AvgIpc) is 3.08. The number of unbranched alkanes of at least 4 members (excludes halogenated alkanes) is 1. The molecule has 0 atom stereocenters. The molecule has 0 fully saturated rings. The number of hydrogen-bond acceptors (Lipinski definition) is 7. The van der Waals surface area contributed by atoms with Crippen molar-refractivity contribution in [2.24, 2.45) is 0 Å². The Bertz CT molecular complexity index is 1560. The predicted octanol–water partition coefficient (Wildman–Crippen LogP) is 6.97. The molecule has 6 rings (SSSR count). The fraction of sp³-hybridized carbons (Fsp3) is 0.368. The molecule has 2 aliphatic rings. The smallest absolute Gasteiger partial charge is 0.261 e. The first-order valence-electron chi connectivity index (χ1n) is 16.4. The van der Waals surface area contributed by atoms with Gasteiger partial charge < -0.3 is 16.0 Å². The Hall–Kier alpha value is -3.00. The topological polar surface area (TPSA) is 111 Å².